The number of alkyl halides is 3. The molecule has 2 aromatic rings. The maximum atomic E-state index is 13.3. The summed E-state index contributed by atoms with van der Waals surface area (Å²) in [5.74, 6) is 0.304. The minimum absolute atomic E-state index is 0.0304. The summed E-state index contributed by atoms with van der Waals surface area (Å²) < 4.78 is 45.3. The van der Waals surface area contributed by atoms with Gasteiger partial charge in [-0.1, -0.05) is 19.1 Å². The van der Waals surface area contributed by atoms with Crippen molar-refractivity contribution in [3.63, 3.8) is 0 Å². The van der Waals surface area contributed by atoms with Crippen LogP contribution < -0.4 is 10.1 Å². The maximum Gasteiger partial charge on any atom is 0.416 e. The van der Waals surface area contributed by atoms with Crippen molar-refractivity contribution in [3.8, 4) is 5.75 Å². The molecule has 212 valence electrons. The Morgan fingerprint density at radius 3 is 2.51 bits per heavy atom. The van der Waals surface area contributed by atoms with Gasteiger partial charge in [0.2, 0.25) is 11.8 Å². The molecule has 1 aliphatic carbocycles. The zero-order chi connectivity index (χ0) is 28.3. The van der Waals surface area contributed by atoms with Crippen molar-refractivity contribution in [2.24, 2.45) is 11.8 Å². The summed E-state index contributed by atoms with van der Waals surface area (Å²) >= 11 is 0. The van der Waals surface area contributed by atoms with E-state index in [1.54, 1.807) is 30.0 Å². The third-order valence-electron chi connectivity index (χ3n) is 7.36. The minimum atomic E-state index is -4.38. The van der Waals surface area contributed by atoms with Gasteiger partial charge in [0.15, 0.2) is 0 Å². The van der Waals surface area contributed by atoms with Gasteiger partial charge in [0.1, 0.15) is 11.9 Å². The summed E-state index contributed by atoms with van der Waals surface area (Å²) in [6, 6.07) is 10.0. The van der Waals surface area contributed by atoms with E-state index in [1.165, 1.54) is 12.1 Å². The highest BCUT2D eigenvalue weighted by Crippen LogP contribution is 2.33. The van der Waals surface area contributed by atoms with Crippen LogP contribution in [-0.4, -0.2) is 65.6 Å². The standard InChI is InChI=1S/C29H36F3N3O4/c1-18-14-35(19(2)17-36)27(37)13-22-12-24(33-28(38)21-6-7-21)10-11-25(22)39-26(18)16-34(3)15-20-4-8-23(9-5-20)29(30,31)32/h4-5,8-12,18-19,21,26,36H,6-7,13-17H2,1-3H3,(H,33,38)/t18-,19+,26+/m0/s1. The molecule has 2 aliphatic rings. The third kappa shape index (κ3) is 7.51. The lowest BCUT2D eigenvalue weighted by Gasteiger charge is -2.34. The number of hydrogen-bond donors (Lipinski definition) is 2. The van der Waals surface area contributed by atoms with E-state index in [9.17, 15) is 27.9 Å². The molecule has 3 atom stereocenters. The fourth-order valence-electron chi connectivity index (χ4n) is 4.80. The molecule has 1 saturated carbocycles. The summed E-state index contributed by atoms with van der Waals surface area (Å²) in [7, 11) is 1.87. The molecule has 0 aromatic heterocycles. The average Bonchev–Trinajstić information content (AvgIpc) is 3.72. The molecule has 10 heteroatoms. The number of benzene rings is 2. The molecule has 0 spiro atoms. The van der Waals surface area contributed by atoms with Crippen molar-refractivity contribution >= 4 is 17.5 Å². The van der Waals surface area contributed by atoms with E-state index in [4.69, 9.17) is 4.74 Å². The molecule has 0 unspecified atom stereocenters. The number of fused-ring (bicyclic) bond motifs is 1. The summed E-state index contributed by atoms with van der Waals surface area (Å²) in [4.78, 5) is 29.3. The number of hydrogen-bond acceptors (Lipinski definition) is 5. The van der Waals surface area contributed by atoms with Crippen LogP contribution in [0.25, 0.3) is 0 Å². The van der Waals surface area contributed by atoms with Crippen LogP contribution in [0.15, 0.2) is 42.5 Å². The lowest BCUT2D eigenvalue weighted by Crippen LogP contribution is -2.47. The Morgan fingerprint density at radius 1 is 1.21 bits per heavy atom. The van der Waals surface area contributed by atoms with Crippen LogP contribution in [0.2, 0.25) is 0 Å². The lowest BCUT2D eigenvalue weighted by molar-refractivity contribution is -0.137. The van der Waals surface area contributed by atoms with Gasteiger partial charge in [0.05, 0.1) is 24.6 Å². The highest BCUT2D eigenvalue weighted by Gasteiger charge is 2.33. The number of anilines is 1. The predicted molar refractivity (Wildman–Crippen MR) is 141 cm³/mol. The number of likely N-dealkylation sites (N-methyl/N-ethyl adjacent to an activating group) is 1. The van der Waals surface area contributed by atoms with Gasteiger partial charge in [0, 0.05) is 42.7 Å². The monoisotopic (exact) mass is 547 g/mol. The second-order valence-electron chi connectivity index (χ2n) is 10.9. The third-order valence-corrected chi connectivity index (χ3v) is 7.36. The molecule has 1 fully saturated rings. The van der Waals surface area contributed by atoms with Crippen LogP contribution in [0, 0.1) is 11.8 Å². The topological polar surface area (TPSA) is 82.1 Å². The van der Waals surface area contributed by atoms with Crippen LogP contribution in [0.5, 0.6) is 5.75 Å². The van der Waals surface area contributed by atoms with E-state index in [2.05, 4.69) is 5.32 Å². The maximum absolute atomic E-state index is 13.3. The lowest BCUT2D eigenvalue weighted by atomic mass is 10.0. The van der Waals surface area contributed by atoms with Crippen molar-refractivity contribution in [3.05, 3.63) is 59.2 Å². The van der Waals surface area contributed by atoms with Gasteiger partial charge in [-0.05, 0) is 62.7 Å². The van der Waals surface area contributed by atoms with E-state index in [0.717, 1.165) is 30.5 Å². The van der Waals surface area contributed by atoms with Gasteiger partial charge in [-0.3, -0.25) is 14.5 Å². The largest absolute Gasteiger partial charge is 0.488 e. The molecule has 4 rings (SSSR count). The molecule has 2 N–H and O–H groups in total. The number of ether oxygens (including phenoxy) is 1. The first-order valence-corrected chi connectivity index (χ1v) is 13.3. The van der Waals surface area contributed by atoms with Crippen molar-refractivity contribution in [1.29, 1.82) is 0 Å². The molecular formula is C29H36F3N3O4. The van der Waals surface area contributed by atoms with Crippen molar-refractivity contribution < 1.29 is 32.6 Å². The number of aliphatic hydroxyl groups excluding tert-OH is 1. The molecule has 1 aliphatic heterocycles. The molecule has 2 aromatic carbocycles. The fourth-order valence-corrected chi connectivity index (χ4v) is 4.80. The van der Waals surface area contributed by atoms with Crippen molar-refractivity contribution in [2.45, 2.75) is 58.0 Å². The highest BCUT2D eigenvalue weighted by atomic mass is 19.4. The summed E-state index contributed by atoms with van der Waals surface area (Å²) in [6.45, 7) is 4.84. The summed E-state index contributed by atoms with van der Waals surface area (Å²) in [5.41, 5.74) is 1.30. The van der Waals surface area contributed by atoms with Crippen LogP contribution in [0.4, 0.5) is 18.9 Å². The van der Waals surface area contributed by atoms with Crippen LogP contribution >= 0.6 is 0 Å². The van der Waals surface area contributed by atoms with Crippen molar-refractivity contribution in [1.82, 2.24) is 9.80 Å². The van der Waals surface area contributed by atoms with Gasteiger partial charge in [-0.25, -0.2) is 0 Å². The first-order valence-electron chi connectivity index (χ1n) is 13.3. The van der Waals surface area contributed by atoms with E-state index in [1.807, 2.05) is 18.9 Å². The number of nitrogens with zero attached hydrogens (tertiary/aromatic N) is 2. The molecule has 0 bridgehead atoms. The zero-order valence-corrected chi connectivity index (χ0v) is 22.5. The van der Waals surface area contributed by atoms with Gasteiger partial charge in [-0.15, -0.1) is 0 Å². The molecule has 39 heavy (non-hydrogen) atoms. The molecule has 1 heterocycles. The van der Waals surface area contributed by atoms with Gasteiger partial charge < -0.3 is 20.1 Å². The molecule has 0 saturated heterocycles. The van der Waals surface area contributed by atoms with Gasteiger partial charge >= 0.3 is 6.18 Å². The number of aliphatic hydroxyl groups is 1. The van der Waals surface area contributed by atoms with Crippen LogP contribution in [0.3, 0.4) is 0 Å². The SMILES string of the molecule is C[C@H](CO)N1C[C@H](C)[C@@H](CN(C)Cc2ccc(C(F)(F)F)cc2)Oc2ccc(NC(=O)C3CC3)cc2CC1=O. The van der Waals surface area contributed by atoms with Crippen molar-refractivity contribution in [2.75, 3.05) is 32.1 Å². The number of amides is 2. The number of halogens is 3. The van der Waals surface area contributed by atoms with Crippen LogP contribution in [-0.2, 0) is 28.7 Å². The predicted octanol–water partition coefficient (Wildman–Crippen LogP) is 4.33. The van der Waals surface area contributed by atoms with Gasteiger partial charge in [-0.2, -0.15) is 13.2 Å². The summed E-state index contributed by atoms with van der Waals surface area (Å²) in [5, 5.41) is 12.7. The average molecular weight is 548 g/mol. The number of carbonyl (C=O) groups is 2. The first kappa shape index (κ1) is 28.9. The molecule has 2 amide bonds. The Hall–Kier alpha value is -3.11. The Balaban J connectivity index is 1.55. The number of nitrogens with one attached hydrogen (secondary N) is 1. The van der Waals surface area contributed by atoms with Gasteiger partial charge in [0.25, 0.3) is 0 Å². The molecule has 0 radical (unpaired) electrons. The Morgan fingerprint density at radius 2 is 1.90 bits per heavy atom. The quantitative estimate of drug-likeness (QED) is 0.514. The second-order valence-corrected chi connectivity index (χ2v) is 10.9. The van der Waals surface area contributed by atoms with E-state index >= 15 is 0 Å². The fraction of sp³-hybridized carbons (Fsp3) is 0.517. The van der Waals surface area contributed by atoms with E-state index < -0.39 is 11.7 Å². The van der Waals surface area contributed by atoms with Crippen LogP contribution in [0.1, 0.15) is 43.4 Å². The first-order chi connectivity index (χ1) is 18.4. The Labute approximate surface area is 226 Å². The highest BCUT2D eigenvalue weighted by molar-refractivity contribution is 5.94. The summed E-state index contributed by atoms with van der Waals surface area (Å²) in [6.07, 6.45) is -2.91. The smallest absolute Gasteiger partial charge is 0.416 e. The zero-order valence-electron chi connectivity index (χ0n) is 22.5. The Kier molecular flexibility index (Phi) is 8.86. The van der Waals surface area contributed by atoms with E-state index in [-0.39, 0.29) is 48.8 Å². The molecule has 7 nitrogen and oxygen atoms in total. The number of carbonyl (C=O) groups excluding carboxylic acids is 2. The van der Waals surface area contributed by atoms with E-state index in [0.29, 0.717) is 36.6 Å². The number of rotatable bonds is 8. The Bertz CT molecular complexity index is 1170. The second kappa shape index (κ2) is 12.0. The minimum Gasteiger partial charge on any atom is -0.488 e. The normalized spacial score (nSPS) is 20.9. The molecular weight excluding hydrogens is 511 g/mol.